The zero-order chi connectivity index (χ0) is 22.4. The van der Waals surface area contributed by atoms with Gasteiger partial charge in [0.1, 0.15) is 5.75 Å². The number of carboxylic acids is 1. The van der Waals surface area contributed by atoms with Crippen LogP contribution in [0.5, 0.6) is 5.75 Å². The van der Waals surface area contributed by atoms with Gasteiger partial charge < -0.3 is 25.5 Å². The van der Waals surface area contributed by atoms with Crippen LogP contribution in [-0.2, 0) is 11.2 Å². The number of carbonyl (C=O) groups is 2. The normalized spacial score (nSPS) is 12.7. The number of carboxylic acid groups (broad SMARTS) is 1. The largest absolute Gasteiger partial charge is 0.496 e. The summed E-state index contributed by atoms with van der Waals surface area (Å²) >= 11 is 0. The van der Waals surface area contributed by atoms with E-state index in [9.17, 15) is 19.9 Å². The van der Waals surface area contributed by atoms with Crippen LogP contribution < -0.4 is 10.1 Å². The molecule has 2 aromatic carbocycles. The molecule has 0 spiro atoms. The van der Waals surface area contributed by atoms with E-state index in [2.05, 4.69) is 15.6 Å². The minimum absolute atomic E-state index is 0.135. The van der Waals surface area contributed by atoms with Gasteiger partial charge in [-0.15, -0.1) is 5.10 Å². The van der Waals surface area contributed by atoms with Crippen molar-refractivity contribution in [1.82, 2.24) is 20.5 Å². The van der Waals surface area contributed by atoms with Crippen LogP contribution in [0.15, 0.2) is 54.7 Å². The summed E-state index contributed by atoms with van der Waals surface area (Å²) in [6.45, 7) is 0. The average Bonchev–Trinajstić information content (AvgIpc) is 3.20. The molecule has 0 radical (unpaired) electrons. The summed E-state index contributed by atoms with van der Waals surface area (Å²) in [6.07, 6.45) is -0.563. The van der Waals surface area contributed by atoms with Crippen molar-refractivity contribution in [2.75, 3.05) is 7.11 Å². The van der Waals surface area contributed by atoms with E-state index < -0.39 is 24.0 Å². The third-order valence-electron chi connectivity index (χ3n) is 4.70. The third kappa shape index (κ3) is 5.58. The summed E-state index contributed by atoms with van der Waals surface area (Å²) < 4.78 is 5.39. The van der Waals surface area contributed by atoms with Gasteiger partial charge in [-0.3, -0.25) is 4.79 Å². The van der Waals surface area contributed by atoms with Crippen LogP contribution in [0.1, 0.15) is 22.5 Å². The highest BCUT2D eigenvalue weighted by Gasteiger charge is 2.23. The maximum absolute atomic E-state index is 12.3. The van der Waals surface area contributed by atoms with Gasteiger partial charge >= 0.3 is 5.97 Å². The zero-order valence-corrected chi connectivity index (χ0v) is 16.7. The average molecular weight is 426 g/mol. The van der Waals surface area contributed by atoms with Crippen LogP contribution in [0.4, 0.5) is 0 Å². The molecule has 0 aliphatic carbocycles. The van der Waals surface area contributed by atoms with Crippen molar-refractivity contribution in [3.05, 3.63) is 66.0 Å². The fraction of sp³-hybridized carbons (Fsp3) is 0.238. The van der Waals surface area contributed by atoms with E-state index in [1.165, 1.54) is 0 Å². The smallest absolute Gasteiger partial charge is 0.332 e. The van der Waals surface area contributed by atoms with E-state index in [1.807, 2.05) is 48.5 Å². The molecule has 0 unspecified atom stereocenters. The van der Waals surface area contributed by atoms with Crippen LogP contribution in [0.25, 0.3) is 11.1 Å². The summed E-state index contributed by atoms with van der Waals surface area (Å²) in [4.78, 5) is 23.8. The number of aromatic nitrogens is 3. The summed E-state index contributed by atoms with van der Waals surface area (Å²) in [5, 5.41) is 37.4. The van der Waals surface area contributed by atoms with Gasteiger partial charge in [-0.2, -0.15) is 0 Å². The van der Waals surface area contributed by atoms with Crippen molar-refractivity contribution >= 4 is 11.9 Å². The molecule has 10 nitrogen and oxygen atoms in total. The molecule has 1 heterocycles. The molecule has 0 aliphatic heterocycles. The van der Waals surface area contributed by atoms with Gasteiger partial charge in [-0.05, 0) is 28.8 Å². The number of nitrogens with one attached hydrogen (secondary N) is 1. The maximum Gasteiger partial charge on any atom is 0.332 e. The van der Waals surface area contributed by atoms with E-state index in [0.717, 1.165) is 28.6 Å². The summed E-state index contributed by atoms with van der Waals surface area (Å²) in [7, 11) is 1.60. The summed E-state index contributed by atoms with van der Waals surface area (Å²) in [5.74, 6) is -1.29. The molecule has 1 amide bonds. The minimum Gasteiger partial charge on any atom is -0.496 e. The van der Waals surface area contributed by atoms with Crippen LogP contribution in [-0.4, -0.2) is 61.7 Å². The lowest BCUT2D eigenvalue weighted by Gasteiger charge is -2.20. The number of nitrogens with zero attached hydrogens (tertiary/aromatic N) is 3. The lowest BCUT2D eigenvalue weighted by Crippen LogP contribution is -2.40. The summed E-state index contributed by atoms with van der Waals surface area (Å²) in [6, 6.07) is 14.4. The standard InChI is InChI=1S/C21H22N4O6/c1-31-19-5-3-2-4-16(19)14-8-6-13(7-9-14)10-15(11-18(26)21(28)29)22-20(27)17-12-25(30)24-23-17/h2-9,12,15,18,26,30H,10-11H2,1H3,(H,22,27)(H,28,29)/t15-,18-/m1/s1. The van der Waals surface area contributed by atoms with Crippen molar-refractivity contribution in [2.24, 2.45) is 0 Å². The molecule has 4 N–H and O–H groups in total. The zero-order valence-electron chi connectivity index (χ0n) is 16.7. The molecular formula is C21H22N4O6. The molecule has 0 saturated carbocycles. The number of aliphatic hydroxyl groups is 1. The Labute approximate surface area is 177 Å². The number of para-hydroxylation sites is 1. The van der Waals surface area contributed by atoms with Gasteiger partial charge in [0.05, 0.1) is 13.3 Å². The SMILES string of the molecule is COc1ccccc1-c1ccc(C[C@H](C[C@@H](O)C(=O)O)NC(=O)c2cn(O)nn2)cc1. The van der Waals surface area contributed by atoms with Crippen molar-refractivity contribution in [3.63, 3.8) is 0 Å². The number of aliphatic carboxylic acids is 1. The van der Waals surface area contributed by atoms with E-state index >= 15 is 0 Å². The molecule has 31 heavy (non-hydrogen) atoms. The van der Waals surface area contributed by atoms with E-state index in [4.69, 9.17) is 9.84 Å². The second kappa shape index (κ2) is 9.72. The highest BCUT2D eigenvalue weighted by Crippen LogP contribution is 2.29. The monoisotopic (exact) mass is 426 g/mol. The summed E-state index contributed by atoms with van der Waals surface area (Å²) in [5.41, 5.74) is 2.55. The number of benzene rings is 2. The second-order valence-electron chi connectivity index (χ2n) is 6.89. The number of ether oxygens (including phenoxy) is 1. The van der Waals surface area contributed by atoms with Crippen LogP contribution in [0, 0.1) is 0 Å². The first-order valence-electron chi connectivity index (χ1n) is 9.43. The highest BCUT2D eigenvalue weighted by atomic mass is 16.5. The lowest BCUT2D eigenvalue weighted by atomic mass is 9.97. The molecule has 0 bridgehead atoms. The van der Waals surface area contributed by atoms with Gasteiger partial charge in [0, 0.05) is 18.0 Å². The highest BCUT2D eigenvalue weighted by molar-refractivity contribution is 5.92. The molecule has 162 valence electrons. The number of aliphatic hydroxyl groups excluding tert-OH is 1. The lowest BCUT2D eigenvalue weighted by molar-refractivity contribution is -0.147. The van der Waals surface area contributed by atoms with Crippen molar-refractivity contribution < 1.29 is 29.7 Å². The van der Waals surface area contributed by atoms with Gasteiger partial charge in [0.25, 0.3) is 5.91 Å². The fourth-order valence-corrected chi connectivity index (χ4v) is 3.17. The van der Waals surface area contributed by atoms with Gasteiger partial charge in [0.2, 0.25) is 0 Å². The quantitative estimate of drug-likeness (QED) is 0.375. The molecule has 3 aromatic rings. The van der Waals surface area contributed by atoms with Crippen LogP contribution in [0.3, 0.4) is 0 Å². The Morgan fingerprint density at radius 3 is 2.48 bits per heavy atom. The molecule has 0 fully saturated rings. The van der Waals surface area contributed by atoms with Gasteiger partial charge in [-0.1, -0.05) is 47.3 Å². The number of hydrogen-bond donors (Lipinski definition) is 4. The van der Waals surface area contributed by atoms with E-state index in [1.54, 1.807) is 7.11 Å². The second-order valence-corrected chi connectivity index (χ2v) is 6.89. The van der Waals surface area contributed by atoms with Gasteiger partial charge in [0.15, 0.2) is 11.8 Å². The van der Waals surface area contributed by atoms with Crippen molar-refractivity contribution in [2.45, 2.75) is 25.0 Å². The Kier molecular flexibility index (Phi) is 6.83. The first-order valence-corrected chi connectivity index (χ1v) is 9.43. The van der Waals surface area contributed by atoms with Crippen LogP contribution >= 0.6 is 0 Å². The molecule has 0 aliphatic rings. The number of hydrogen-bond acceptors (Lipinski definition) is 7. The predicted octanol–water partition coefficient (Wildman–Crippen LogP) is 1.37. The van der Waals surface area contributed by atoms with Gasteiger partial charge in [-0.25, -0.2) is 4.79 Å². The third-order valence-corrected chi connectivity index (χ3v) is 4.70. The number of methoxy groups -OCH3 is 1. The molecule has 1 aromatic heterocycles. The predicted molar refractivity (Wildman–Crippen MR) is 109 cm³/mol. The molecule has 10 heteroatoms. The molecule has 0 saturated heterocycles. The fourth-order valence-electron chi connectivity index (χ4n) is 3.17. The minimum atomic E-state index is -1.65. The van der Waals surface area contributed by atoms with Crippen molar-refractivity contribution in [3.8, 4) is 16.9 Å². The Morgan fingerprint density at radius 1 is 1.16 bits per heavy atom. The first-order chi connectivity index (χ1) is 14.9. The van der Waals surface area contributed by atoms with Crippen LogP contribution in [0.2, 0.25) is 0 Å². The Hall–Kier alpha value is -3.92. The Balaban J connectivity index is 1.76. The molecule has 2 atom stereocenters. The number of carbonyl (C=O) groups excluding carboxylic acids is 1. The molecule has 3 rings (SSSR count). The first kappa shape index (κ1) is 21.8. The number of amides is 1. The maximum atomic E-state index is 12.3. The number of rotatable bonds is 9. The Bertz CT molecular complexity index is 1050. The van der Waals surface area contributed by atoms with E-state index in [-0.39, 0.29) is 18.5 Å². The molecular weight excluding hydrogens is 404 g/mol. The topological polar surface area (TPSA) is 147 Å². The van der Waals surface area contributed by atoms with E-state index in [0.29, 0.717) is 4.85 Å². The van der Waals surface area contributed by atoms with Crippen molar-refractivity contribution in [1.29, 1.82) is 0 Å². The Morgan fingerprint density at radius 2 is 1.87 bits per heavy atom.